The third-order valence-electron chi connectivity index (χ3n) is 5.83. The molecule has 8 nitrogen and oxygen atoms in total. The minimum atomic E-state index is 0.160. The molecule has 1 atom stereocenters. The minimum Gasteiger partial charge on any atom is -0.381 e. The molecule has 0 radical (unpaired) electrons. The van der Waals surface area contributed by atoms with Gasteiger partial charge >= 0.3 is 0 Å². The van der Waals surface area contributed by atoms with E-state index in [0.717, 1.165) is 74.2 Å². The van der Waals surface area contributed by atoms with E-state index in [1.54, 1.807) is 6.20 Å². The van der Waals surface area contributed by atoms with Gasteiger partial charge in [-0.05, 0) is 43.7 Å². The summed E-state index contributed by atoms with van der Waals surface area (Å²) in [6, 6.07) is 5.99. The highest BCUT2D eigenvalue weighted by Crippen LogP contribution is 2.30. The third-order valence-corrected chi connectivity index (χ3v) is 5.83. The molecule has 1 unspecified atom stereocenters. The molecule has 8 heteroatoms. The maximum Gasteiger partial charge on any atom is 0.180 e. The van der Waals surface area contributed by atoms with E-state index in [4.69, 9.17) is 24.1 Å². The predicted octanol–water partition coefficient (Wildman–Crippen LogP) is 3.38. The van der Waals surface area contributed by atoms with Gasteiger partial charge < -0.3 is 14.0 Å². The Hall–Kier alpha value is -2.58. The van der Waals surface area contributed by atoms with Gasteiger partial charge in [-0.15, -0.1) is 0 Å². The van der Waals surface area contributed by atoms with Gasteiger partial charge in [-0.25, -0.2) is 9.67 Å². The normalized spacial score (nSPS) is 20.5. The molecule has 2 aliphatic heterocycles. The van der Waals surface area contributed by atoms with E-state index in [2.05, 4.69) is 10.1 Å². The van der Waals surface area contributed by atoms with Crippen molar-refractivity contribution in [1.29, 1.82) is 0 Å². The van der Waals surface area contributed by atoms with Gasteiger partial charge in [-0.2, -0.15) is 5.10 Å². The summed E-state index contributed by atoms with van der Waals surface area (Å²) in [6.45, 7) is 3.03. The van der Waals surface area contributed by atoms with E-state index in [-0.39, 0.29) is 6.10 Å². The summed E-state index contributed by atoms with van der Waals surface area (Å²) in [5.74, 6) is 2.76. The van der Waals surface area contributed by atoms with Crippen molar-refractivity contribution >= 4 is 0 Å². The molecule has 3 aromatic heterocycles. The Kier molecular flexibility index (Phi) is 5.85. The lowest BCUT2D eigenvalue weighted by Gasteiger charge is -2.22. The van der Waals surface area contributed by atoms with Gasteiger partial charge in [0.2, 0.25) is 0 Å². The second-order valence-electron chi connectivity index (χ2n) is 8.06. The lowest BCUT2D eigenvalue weighted by atomic mass is 9.97. The molecule has 0 aromatic carbocycles. The molecule has 0 amide bonds. The molecular formula is C22H27N5O3. The maximum atomic E-state index is 5.94. The highest BCUT2D eigenvalue weighted by atomic mass is 16.5. The summed E-state index contributed by atoms with van der Waals surface area (Å²) >= 11 is 0. The van der Waals surface area contributed by atoms with Crippen molar-refractivity contribution in [3.05, 3.63) is 47.7 Å². The summed E-state index contributed by atoms with van der Waals surface area (Å²) < 4.78 is 19.1. The summed E-state index contributed by atoms with van der Waals surface area (Å²) in [6.07, 6.45) is 9.70. The highest BCUT2D eigenvalue weighted by molar-refractivity contribution is 5.49. The van der Waals surface area contributed by atoms with E-state index in [9.17, 15) is 0 Å². The average molecular weight is 409 g/mol. The lowest BCUT2D eigenvalue weighted by molar-refractivity contribution is 0.00418. The predicted molar refractivity (Wildman–Crippen MR) is 109 cm³/mol. The van der Waals surface area contributed by atoms with Crippen molar-refractivity contribution < 1.29 is 14.0 Å². The zero-order chi connectivity index (χ0) is 20.2. The number of rotatable bonds is 6. The maximum absolute atomic E-state index is 5.94. The summed E-state index contributed by atoms with van der Waals surface area (Å²) in [7, 11) is 0. The van der Waals surface area contributed by atoms with Crippen LogP contribution in [0.4, 0.5) is 0 Å². The van der Waals surface area contributed by atoms with Gasteiger partial charge in [-0.3, -0.25) is 4.98 Å². The van der Waals surface area contributed by atoms with E-state index in [1.807, 2.05) is 29.1 Å². The van der Waals surface area contributed by atoms with Crippen molar-refractivity contribution in [1.82, 2.24) is 24.9 Å². The fourth-order valence-corrected chi connectivity index (χ4v) is 4.18. The Labute approximate surface area is 175 Å². The van der Waals surface area contributed by atoms with Crippen molar-refractivity contribution in [3.63, 3.8) is 0 Å². The van der Waals surface area contributed by atoms with Crippen LogP contribution in [0, 0.1) is 0 Å². The van der Waals surface area contributed by atoms with Crippen LogP contribution in [0.25, 0.3) is 11.5 Å². The molecule has 0 bridgehead atoms. The number of aromatic nitrogens is 5. The van der Waals surface area contributed by atoms with E-state index < -0.39 is 0 Å². The molecule has 5 rings (SSSR count). The minimum absolute atomic E-state index is 0.160. The number of ether oxygens (including phenoxy) is 2. The molecular weight excluding hydrogens is 382 g/mol. The van der Waals surface area contributed by atoms with Gasteiger partial charge in [0.1, 0.15) is 5.76 Å². The van der Waals surface area contributed by atoms with Gasteiger partial charge in [-0.1, -0.05) is 11.2 Å². The van der Waals surface area contributed by atoms with E-state index >= 15 is 0 Å². The first-order chi connectivity index (χ1) is 14.8. The summed E-state index contributed by atoms with van der Waals surface area (Å²) in [4.78, 5) is 9.02. The van der Waals surface area contributed by atoms with Crippen LogP contribution in [0.2, 0.25) is 0 Å². The Balaban J connectivity index is 1.42. The molecule has 2 fully saturated rings. The van der Waals surface area contributed by atoms with Crippen molar-refractivity contribution in [2.75, 3.05) is 19.8 Å². The number of hydrogen-bond acceptors (Lipinski definition) is 7. The molecule has 2 saturated heterocycles. The summed E-state index contributed by atoms with van der Waals surface area (Å²) in [5, 5.41) is 9.14. The third kappa shape index (κ3) is 4.44. The zero-order valence-corrected chi connectivity index (χ0v) is 17.1. The molecule has 30 heavy (non-hydrogen) atoms. The van der Waals surface area contributed by atoms with E-state index in [0.29, 0.717) is 18.9 Å². The zero-order valence-electron chi connectivity index (χ0n) is 17.1. The van der Waals surface area contributed by atoms with Gasteiger partial charge in [0.25, 0.3) is 0 Å². The second-order valence-corrected chi connectivity index (χ2v) is 8.06. The first-order valence-electron chi connectivity index (χ1n) is 10.8. The molecule has 5 heterocycles. The molecule has 3 aromatic rings. The average Bonchev–Trinajstić information content (AvgIpc) is 3.43. The topological polar surface area (TPSA) is 88.1 Å². The SMILES string of the molecule is c1cncc(Cc2nc(-c3cc(C4CCOCC4)on3)n(CC3CCCCO3)n2)c1. The standard InChI is InChI=1S/C22H27N5O3/c1-2-9-29-18(5-1)15-27-22(24-21(25-27)12-16-4-3-8-23-14-16)19-13-20(30-26-19)17-6-10-28-11-7-17/h3-4,8,13-14,17-18H,1-2,5-7,9-12,15H2. The number of pyridine rings is 1. The van der Waals surface area contributed by atoms with Crippen molar-refractivity contribution in [3.8, 4) is 11.5 Å². The van der Waals surface area contributed by atoms with Crippen molar-refractivity contribution in [2.24, 2.45) is 0 Å². The number of hydrogen-bond donors (Lipinski definition) is 0. The lowest BCUT2D eigenvalue weighted by Crippen LogP contribution is -2.25. The van der Waals surface area contributed by atoms with Crippen LogP contribution in [0.1, 0.15) is 55.2 Å². The Morgan fingerprint density at radius 3 is 2.83 bits per heavy atom. The number of nitrogens with zero attached hydrogens (tertiary/aromatic N) is 5. The first kappa shape index (κ1) is 19.4. The molecule has 0 aliphatic carbocycles. The van der Waals surface area contributed by atoms with Gasteiger partial charge in [0.05, 0.1) is 12.6 Å². The van der Waals surface area contributed by atoms with Crippen LogP contribution in [0.5, 0.6) is 0 Å². The molecule has 0 saturated carbocycles. The monoisotopic (exact) mass is 409 g/mol. The Bertz CT molecular complexity index is 943. The molecule has 2 aliphatic rings. The second kappa shape index (κ2) is 9.06. The van der Waals surface area contributed by atoms with Gasteiger partial charge in [0, 0.05) is 50.6 Å². The van der Waals surface area contributed by atoms with E-state index in [1.165, 1.54) is 6.42 Å². The Morgan fingerprint density at radius 1 is 1.10 bits per heavy atom. The quantitative estimate of drug-likeness (QED) is 0.617. The van der Waals surface area contributed by atoms with Crippen LogP contribution >= 0.6 is 0 Å². The largest absolute Gasteiger partial charge is 0.381 e. The summed E-state index contributed by atoms with van der Waals surface area (Å²) in [5.41, 5.74) is 1.82. The van der Waals surface area contributed by atoms with Crippen LogP contribution in [-0.4, -0.2) is 50.8 Å². The highest BCUT2D eigenvalue weighted by Gasteiger charge is 2.24. The van der Waals surface area contributed by atoms with Crippen LogP contribution in [0.3, 0.4) is 0 Å². The van der Waals surface area contributed by atoms with Crippen LogP contribution in [0.15, 0.2) is 35.1 Å². The van der Waals surface area contributed by atoms with Crippen LogP contribution < -0.4 is 0 Å². The first-order valence-corrected chi connectivity index (χ1v) is 10.8. The fourth-order valence-electron chi connectivity index (χ4n) is 4.18. The molecule has 0 spiro atoms. The fraction of sp³-hybridized carbons (Fsp3) is 0.545. The van der Waals surface area contributed by atoms with Crippen LogP contribution in [-0.2, 0) is 22.4 Å². The van der Waals surface area contributed by atoms with Gasteiger partial charge in [0.15, 0.2) is 17.3 Å². The molecule has 0 N–H and O–H groups in total. The molecule has 158 valence electrons. The Morgan fingerprint density at radius 2 is 2.03 bits per heavy atom. The smallest absolute Gasteiger partial charge is 0.180 e. The van der Waals surface area contributed by atoms with Crippen molar-refractivity contribution in [2.45, 2.75) is 57.1 Å².